The number of carbonyl (C=O) groups excluding carboxylic acids is 1. The molecule has 0 aromatic heterocycles. The molecule has 0 spiro atoms. The minimum atomic E-state index is 0.0949. The fourth-order valence-corrected chi connectivity index (χ4v) is 2.74. The number of anilines is 1. The zero-order chi connectivity index (χ0) is 13.1. The minimum absolute atomic E-state index is 0.0949. The van der Waals surface area contributed by atoms with Crippen LogP contribution in [0.2, 0.25) is 0 Å². The van der Waals surface area contributed by atoms with Crippen LogP contribution in [0.1, 0.15) is 24.8 Å². The van der Waals surface area contributed by atoms with Crippen LogP contribution < -0.4 is 10.1 Å². The Labute approximate surface area is 113 Å². The van der Waals surface area contributed by atoms with E-state index in [9.17, 15) is 4.79 Å². The third-order valence-electron chi connectivity index (χ3n) is 3.45. The maximum atomic E-state index is 12.1. The number of ether oxygens (including phenoxy) is 1. The van der Waals surface area contributed by atoms with Crippen molar-refractivity contribution in [2.45, 2.75) is 31.4 Å². The van der Waals surface area contributed by atoms with Crippen molar-refractivity contribution in [3.63, 3.8) is 0 Å². The summed E-state index contributed by atoms with van der Waals surface area (Å²) in [5, 5.41) is 3.32. The van der Waals surface area contributed by atoms with E-state index < -0.39 is 0 Å². The van der Waals surface area contributed by atoms with Crippen LogP contribution in [-0.4, -0.2) is 18.3 Å². The number of amides is 1. The normalized spacial score (nSPS) is 22.8. The van der Waals surface area contributed by atoms with E-state index >= 15 is 0 Å². The Hall–Kier alpha value is -1.16. The molecule has 1 aliphatic carbocycles. The van der Waals surface area contributed by atoms with Gasteiger partial charge in [-0.3, -0.25) is 4.79 Å². The molecule has 2 unspecified atom stereocenters. The van der Waals surface area contributed by atoms with Gasteiger partial charge in [0.05, 0.1) is 7.11 Å². The molecule has 1 amide bonds. The largest absolute Gasteiger partial charge is 0.496 e. The molecule has 1 aromatic carbocycles. The van der Waals surface area contributed by atoms with Gasteiger partial charge in [-0.1, -0.05) is 6.07 Å². The van der Waals surface area contributed by atoms with Crippen LogP contribution in [0.4, 0.5) is 5.69 Å². The molecule has 0 aliphatic heterocycles. The highest BCUT2D eigenvalue weighted by Gasteiger charge is 2.27. The highest BCUT2D eigenvalue weighted by atomic mass is 32.1. The van der Waals surface area contributed by atoms with Crippen molar-refractivity contribution in [1.82, 2.24) is 0 Å². The average molecular weight is 265 g/mol. The number of carbonyl (C=O) groups is 1. The monoisotopic (exact) mass is 265 g/mol. The average Bonchev–Trinajstić information content (AvgIpc) is 2.78. The van der Waals surface area contributed by atoms with Gasteiger partial charge < -0.3 is 10.1 Å². The molecular formula is C14H19NO2S. The van der Waals surface area contributed by atoms with Crippen LogP contribution >= 0.6 is 12.6 Å². The van der Waals surface area contributed by atoms with Gasteiger partial charge in [0, 0.05) is 22.9 Å². The summed E-state index contributed by atoms with van der Waals surface area (Å²) in [7, 11) is 1.64. The predicted molar refractivity (Wildman–Crippen MR) is 76.5 cm³/mol. The molecule has 1 aromatic rings. The smallest absolute Gasteiger partial charge is 0.227 e. The zero-order valence-corrected chi connectivity index (χ0v) is 11.7. The van der Waals surface area contributed by atoms with Gasteiger partial charge in [-0.15, -0.1) is 0 Å². The summed E-state index contributed by atoms with van der Waals surface area (Å²) < 4.78 is 5.25. The molecule has 4 heteroatoms. The maximum Gasteiger partial charge on any atom is 0.227 e. The van der Waals surface area contributed by atoms with Crippen molar-refractivity contribution < 1.29 is 9.53 Å². The fourth-order valence-electron chi connectivity index (χ4n) is 2.34. The summed E-state index contributed by atoms with van der Waals surface area (Å²) in [4.78, 5) is 12.1. The molecule has 1 N–H and O–H groups in total. The molecule has 1 fully saturated rings. The Morgan fingerprint density at radius 2 is 2.22 bits per heavy atom. The second-order valence-corrected chi connectivity index (χ2v) is 5.57. The number of thiol groups is 1. The highest BCUT2D eigenvalue weighted by Crippen LogP contribution is 2.30. The van der Waals surface area contributed by atoms with Crippen LogP contribution in [-0.2, 0) is 4.79 Å². The lowest BCUT2D eigenvalue weighted by Gasteiger charge is -2.12. The molecule has 0 radical (unpaired) electrons. The Morgan fingerprint density at radius 1 is 1.44 bits per heavy atom. The topological polar surface area (TPSA) is 38.3 Å². The lowest BCUT2D eigenvalue weighted by molar-refractivity contribution is -0.119. The predicted octanol–water partition coefficient (Wildman–Crippen LogP) is 3.04. The summed E-state index contributed by atoms with van der Waals surface area (Å²) in [6.07, 6.45) is 2.83. The standard InChI is InChI=1S/C14H19NO2S/c1-9-3-5-11(8-13(9)17-2)15-14(16)10-4-6-12(18)7-10/h3,5,8,10,12,18H,4,6-7H2,1-2H3,(H,15,16). The molecule has 1 aliphatic rings. The summed E-state index contributed by atoms with van der Waals surface area (Å²) in [6.45, 7) is 1.98. The van der Waals surface area contributed by atoms with Crippen LogP contribution in [0.25, 0.3) is 0 Å². The fraction of sp³-hybridized carbons (Fsp3) is 0.500. The van der Waals surface area contributed by atoms with E-state index in [1.54, 1.807) is 7.11 Å². The van der Waals surface area contributed by atoms with E-state index in [0.29, 0.717) is 5.25 Å². The van der Waals surface area contributed by atoms with Crippen molar-refractivity contribution in [3.05, 3.63) is 23.8 Å². The SMILES string of the molecule is COc1cc(NC(=O)C2CCC(S)C2)ccc1C. The van der Waals surface area contributed by atoms with Gasteiger partial charge in [-0.25, -0.2) is 0 Å². The van der Waals surface area contributed by atoms with Crippen molar-refractivity contribution in [2.75, 3.05) is 12.4 Å². The first-order chi connectivity index (χ1) is 8.60. The van der Waals surface area contributed by atoms with Crippen molar-refractivity contribution >= 4 is 24.2 Å². The Morgan fingerprint density at radius 3 is 2.83 bits per heavy atom. The first-order valence-corrected chi connectivity index (χ1v) is 6.75. The van der Waals surface area contributed by atoms with E-state index in [1.165, 1.54) is 0 Å². The second-order valence-electron chi connectivity index (χ2n) is 4.84. The Kier molecular flexibility index (Phi) is 4.17. The van der Waals surface area contributed by atoms with Crippen LogP contribution in [0.5, 0.6) is 5.75 Å². The highest BCUT2D eigenvalue weighted by molar-refractivity contribution is 7.80. The van der Waals surface area contributed by atoms with Crippen molar-refractivity contribution in [2.24, 2.45) is 5.92 Å². The van der Waals surface area contributed by atoms with Gasteiger partial charge >= 0.3 is 0 Å². The molecule has 98 valence electrons. The molecule has 2 rings (SSSR count). The number of benzene rings is 1. The summed E-state index contributed by atoms with van der Waals surface area (Å²) in [6, 6.07) is 5.72. The van der Waals surface area contributed by atoms with Gasteiger partial charge in [-0.2, -0.15) is 12.6 Å². The number of methoxy groups -OCH3 is 1. The third-order valence-corrected chi connectivity index (χ3v) is 3.92. The summed E-state index contributed by atoms with van der Waals surface area (Å²) in [5.41, 5.74) is 1.86. The van der Waals surface area contributed by atoms with E-state index in [-0.39, 0.29) is 11.8 Å². The first-order valence-electron chi connectivity index (χ1n) is 6.23. The van der Waals surface area contributed by atoms with Gasteiger partial charge in [0.1, 0.15) is 5.75 Å². The van der Waals surface area contributed by atoms with E-state index in [1.807, 2.05) is 25.1 Å². The summed E-state index contributed by atoms with van der Waals surface area (Å²) >= 11 is 4.42. The lowest BCUT2D eigenvalue weighted by atomic mass is 10.1. The van der Waals surface area contributed by atoms with E-state index in [0.717, 1.165) is 36.3 Å². The molecule has 18 heavy (non-hydrogen) atoms. The molecule has 0 bridgehead atoms. The van der Waals surface area contributed by atoms with Crippen molar-refractivity contribution in [1.29, 1.82) is 0 Å². The number of aryl methyl sites for hydroxylation is 1. The van der Waals surface area contributed by atoms with Crippen molar-refractivity contribution in [3.8, 4) is 5.75 Å². The minimum Gasteiger partial charge on any atom is -0.496 e. The number of hydrogen-bond acceptors (Lipinski definition) is 3. The molecule has 1 saturated carbocycles. The van der Waals surface area contributed by atoms with E-state index in [4.69, 9.17) is 4.74 Å². The second kappa shape index (κ2) is 5.65. The van der Waals surface area contributed by atoms with Gasteiger partial charge in [0.2, 0.25) is 5.91 Å². The molecule has 2 atom stereocenters. The number of hydrogen-bond donors (Lipinski definition) is 2. The zero-order valence-electron chi connectivity index (χ0n) is 10.8. The molecule has 3 nitrogen and oxygen atoms in total. The maximum absolute atomic E-state index is 12.1. The lowest BCUT2D eigenvalue weighted by Crippen LogP contribution is -2.20. The van der Waals surface area contributed by atoms with Crippen LogP contribution in [0, 0.1) is 12.8 Å². The molecular weight excluding hydrogens is 246 g/mol. The third kappa shape index (κ3) is 2.99. The number of nitrogens with one attached hydrogen (secondary N) is 1. The Bertz CT molecular complexity index is 447. The van der Waals surface area contributed by atoms with Gasteiger partial charge in [0.15, 0.2) is 0 Å². The Balaban J connectivity index is 2.03. The van der Waals surface area contributed by atoms with Crippen LogP contribution in [0.3, 0.4) is 0 Å². The van der Waals surface area contributed by atoms with Crippen LogP contribution in [0.15, 0.2) is 18.2 Å². The molecule has 0 heterocycles. The van der Waals surface area contributed by atoms with Gasteiger partial charge in [0.25, 0.3) is 0 Å². The van der Waals surface area contributed by atoms with E-state index in [2.05, 4.69) is 17.9 Å². The number of rotatable bonds is 3. The van der Waals surface area contributed by atoms with Gasteiger partial charge in [-0.05, 0) is 37.8 Å². The quantitative estimate of drug-likeness (QED) is 0.824. The summed E-state index contributed by atoms with van der Waals surface area (Å²) in [5.74, 6) is 0.989. The first kappa shape index (κ1) is 13.3. The molecule has 0 saturated heterocycles.